The van der Waals surface area contributed by atoms with Gasteiger partial charge in [-0.1, -0.05) is 0 Å². The van der Waals surface area contributed by atoms with Crippen molar-refractivity contribution in [3.05, 3.63) is 48.0 Å². The Morgan fingerprint density at radius 1 is 1.13 bits per heavy atom. The minimum atomic E-state index is -1.25. The molecule has 1 fully saturated rings. The standard InChI is InChI=1S/C21H24F2N2O4S/c1-14(2)29-16-3-5-17(6-4-16)30-25-9-7-24(8-10-25)15-11-18(22)21(23)19(12-15)28-13-20(26)27/h3-6,11-12,14H,7-10,13H2,1-2H3,(H,26,27). The van der Waals surface area contributed by atoms with Gasteiger partial charge in [0.15, 0.2) is 18.2 Å². The Morgan fingerprint density at radius 2 is 1.80 bits per heavy atom. The summed E-state index contributed by atoms with van der Waals surface area (Å²) in [4.78, 5) is 13.7. The van der Waals surface area contributed by atoms with Crippen LogP contribution < -0.4 is 14.4 Å². The summed E-state index contributed by atoms with van der Waals surface area (Å²) in [5, 5.41) is 8.69. The summed E-state index contributed by atoms with van der Waals surface area (Å²) >= 11 is 1.64. The Morgan fingerprint density at radius 3 is 2.40 bits per heavy atom. The molecule has 0 bridgehead atoms. The van der Waals surface area contributed by atoms with Crippen LogP contribution in [-0.4, -0.2) is 54.3 Å². The number of carboxylic acids is 1. The smallest absolute Gasteiger partial charge is 0.341 e. The average Bonchev–Trinajstić information content (AvgIpc) is 2.70. The second-order valence-electron chi connectivity index (χ2n) is 7.07. The third kappa shape index (κ3) is 5.99. The molecule has 2 aromatic rings. The number of ether oxygens (including phenoxy) is 2. The van der Waals surface area contributed by atoms with Crippen LogP contribution in [0.25, 0.3) is 0 Å². The highest BCUT2D eigenvalue weighted by Crippen LogP contribution is 2.30. The van der Waals surface area contributed by atoms with Gasteiger partial charge in [-0.15, -0.1) is 0 Å². The first-order valence-corrected chi connectivity index (χ1v) is 10.4. The van der Waals surface area contributed by atoms with E-state index in [1.54, 1.807) is 11.9 Å². The van der Waals surface area contributed by atoms with Crippen molar-refractivity contribution in [3.8, 4) is 11.5 Å². The van der Waals surface area contributed by atoms with Crippen molar-refractivity contribution in [2.75, 3.05) is 37.7 Å². The maximum absolute atomic E-state index is 13.9. The number of carbonyl (C=O) groups is 1. The molecule has 6 nitrogen and oxygen atoms in total. The Labute approximate surface area is 178 Å². The summed E-state index contributed by atoms with van der Waals surface area (Å²) in [6.07, 6.45) is 0.128. The zero-order chi connectivity index (χ0) is 21.7. The summed E-state index contributed by atoms with van der Waals surface area (Å²) in [5.74, 6) is -3.06. The minimum absolute atomic E-state index is 0.128. The quantitative estimate of drug-likeness (QED) is 0.624. The molecule has 30 heavy (non-hydrogen) atoms. The predicted molar refractivity (Wildman–Crippen MR) is 111 cm³/mol. The average molecular weight is 438 g/mol. The molecule has 3 rings (SSSR count). The number of anilines is 1. The van der Waals surface area contributed by atoms with E-state index in [1.807, 2.05) is 43.0 Å². The SMILES string of the molecule is CC(C)Oc1ccc(SN2CCN(c3cc(F)c(F)c(OCC(=O)O)c3)CC2)cc1. The van der Waals surface area contributed by atoms with Crippen LogP contribution in [-0.2, 0) is 4.79 Å². The highest BCUT2D eigenvalue weighted by atomic mass is 32.2. The normalized spacial score (nSPS) is 14.8. The number of piperazine rings is 1. The van der Waals surface area contributed by atoms with Crippen LogP contribution in [0.1, 0.15) is 13.8 Å². The molecule has 0 unspecified atom stereocenters. The van der Waals surface area contributed by atoms with E-state index in [2.05, 4.69) is 4.31 Å². The van der Waals surface area contributed by atoms with Crippen LogP contribution in [0.3, 0.4) is 0 Å². The molecule has 0 spiro atoms. The van der Waals surface area contributed by atoms with Crippen molar-refractivity contribution in [1.29, 1.82) is 0 Å². The molecule has 1 saturated heterocycles. The first-order valence-electron chi connectivity index (χ1n) is 9.60. The van der Waals surface area contributed by atoms with Gasteiger partial charge in [0.25, 0.3) is 0 Å². The van der Waals surface area contributed by atoms with E-state index in [0.717, 1.165) is 29.8 Å². The molecule has 1 N–H and O–H groups in total. The summed E-state index contributed by atoms with van der Waals surface area (Å²) < 4.78 is 40.5. The molecule has 1 aliphatic rings. The second-order valence-corrected chi connectivity index (χ2v) is 8.24. The third-order valence-corrected chi connectivity index (χ3v) is 5.47. The molecule has 0 aliphatic carbocycles. The molecule has 1 heterocycles. The minimum Gasteiger partial charge on any atom is -0.491 e. The van der Waals surface area contributed by atoms with Crippen LogP contribution in [0, 0.1) is 11.6 Å². The predicted octanol–water partition coefficient (Wildman–Crippen LogP) is 4.04. The highest BCUT2D eigenvalue weighted by Gasteiger charge is 2.21. The number of carboxylic acid groups (broad SMARTS) is 1. The fourth-order valence-corrected chi connectivity index (χ4v) is 3.92. The van der Waals surface area contributed by atoms with Crippen molar-refractivity contribution in [3.63, 3.8) is 0 Å². The van der Waals surface area contributed by atoms with Gasteiger partial charge in [-0.25, -0.2) is 13.5 Å². The van der Waals surface area contributed by atoms with E-state index in [9.17, 15) is 13.6 Å². The van der Waals surface area contributed by atoms with Gasteiger partial charge in [-0.3, -0.25) is 0 Å². The zero-order valence-corrected chi connectivity index (χ0v) is 17.6. The second kappa shape index (κ2) is 9.99. The maximum atomic E-state index is 13.9. The van der Waals surface area contributed by atoms with Gasteiger partial charge in [-0.05, 0) is 50.1 Å². The number of hydrogen-bond donors (Lipinski definition) is 1. The van der Waals surface area contributed by atoms with Gasteiger partial charge >= 0.3 is 5.97 Å². The van der Waals surface area contributed by atoms with Crippen molar-refractivity contribution in [2.45, 2.75) is 24.8 Å². The molecule has 0 saturated carbocycles. The molecule has 9 heteroatoms. The first kappa shape index (κ1) is 22.2. The third-order valence-electron chi connectivity index (χ3n) is 4.36. The Hall–Kier alpha value is -2.52. The molecule has 162 valence electrons. The number of benzene rings is 2. The summed E-state index contributed by atoms with van der Waals surface area (Å²) in [6.45, 7) is 5.91. The lowest BCUT2D eigenvalue weighted by molar-refractivity contribution is -0.139. The lowest BCUT2D eigenvalue weighted by atomic mass is 10.2. The van der Waals surface area contributed by atoms with Crippen LogP contribution in [0.15, 0.2) is 41.3 Å². The van der Waals surface area contributed by atoms with Crippen LogP contribution in [0.2, 0.25) is 0 Å². The molecule has 2 aromatic carbocycles. The lowest BCUT2D eigenvalue weighted by Gasteiger charge is -2.35. The molecular formula is C21H24F2N2O4S. The van der Waals surface area contributed by atoms with Gasteiger partial charge in [-0.2, -0.15) is 4.39 Å². The monoisotopic (exact) mass is 438 g/mol. The van der Waals surface area contributed by atoms with Gasteiger partial charge in [0.1, 0.15) is 5.75 Å². The van der Waals surface area contributed by atoms with Gasteiger partial charge in [0, 0.05) is 48.9 Å². The summed E-state index contributed by atoms with van der Waals surface area (Å²) in [7, 11) is 0. The fraction of sp³-hybridized carbons (Fsp3) is 0.381. The number of halogens is 2. The van der Waals surface area contributed by atoms with Crippen LogP contribution in [0.5, 0.6) is 11.5 Å². The van der Waals surface area contributed by atoms with E-state index in [1.165, 1.54) is 6.07 Å². The molecule has 0 radical (unpaired) electrons. The van der Waals surface area contributed by atoms with E-state index in [-0.39, 0.29) is 6.10 Å². The molecule has 0 amide bonds. The van der Waals surface area contributed by atoms with Crippen molar-refractivity contribution in [2.24, 2.45) is 0 Å². The Balaban J connectivity index is 1.58. The van der Waals surface area contributed by atoms with E-state index >= 15 is 0 Å². The number of hydrogen-bond acceptors (Lipinski definition) is 6. The molecule has 0 atom stereocenters. The first-order chi connectivity index (χ1) is 14.3. The van der Waals surface area contributed by atoms with Crippen LogP contribution in [0.4, 0.5) is 14.5 Å². The number of nitrogens with zero attached hydrogens (tertiary/aromatic N) is 2. The van der Waals surface area contributed by atoms with E-state index in [0.29, 0.717) is 18.8 Å². The largest absolute Gasteiger partial charge is 0.491 e. The highest BCUT2D eigenvalue weighted by molar-refractivity contribution is 7.97. The van der Waals surface area contributed by atoms with Gasteiger partial charge in [0.2, 0.25) is 5.82 Å². The number of aliphatic carboxylic acids is 1. The van der Waals surface area contributed by atoms with Crippen molar-refractivity contribution >= 4 is 23.6 Å². The topological polar surface area (TPSA) is 62.2 Å². The van der Waals surface area contributed by atoms with E-state index in [4.69, 9.17) is 14.6 Å². The zero-order valence-electron chi connectivity index (χ0n) is 16.8. The Bertz CT molecular complexity index is 872. The van der Waals surface area contributed by atoms with Crippen molar-refractivity contribution < 1.29 is 28.2 Å². The van der Waals surface area contributed by atoms with E-state index < -0.39 is 30.0 Å². The Kier molecular flexibility index (Phi) is 7.38. The summed E-state index contributed by atoms with van der Waals surface area (Å²) in [6, 6.07) is 10.4. The fourth-order valence-electron chi connectivity index (χ4n) is 3.02. The lowest BCUT2D eigenvalue weighted by Crippen LogP contribution is -2.43. The molecule has 1 aliphatic heterocycles. The van der Waals surface area contributed by atoms with Crippen molar-refractivity contribution in [1.82, 2.24) is 4.31 Å². The van der Waals surface area contributed by atoms with Crippen LogP contribution >= 0.6 is 11.9 Å². The maximum Gasteiger partial charge on any atom is 0.341 e. The molecule has 0 aromatic heterocycles. The summed E-state index contributed by atoms with van der Waals surface area (Å²) in [5.41, 5.74) is 0.467. The van der Waals surface area contributed by atoms with Gasteiger partial charge in [0.05, 0.1) is 6.10 Å². The molecular weight excluding hydrogens is 414 g/mol. The number of rotatable bonds is 8. The van der Waals surface area contributed by atoms with Gasteiger partial charge < -0.3 is 19.5 Å².